The van der Waals surface area contributed by atoms with Gasteiger partial charge in [-0.15, -0.1) is 0 Å². The van der Waals surface area contributed by atoms with Gasteiger partial charge in [0.2, 0.25) is 0 Å². The van der Waals surface area contributed by atoms with E-state index in [0.29, 0.717) is 10.6 Å². The van der Waals surface area contributed by atoms with Crippen LogP contribution in [0, 0.1) is 0 Å². The second-order valence-corrected chi connectivity index (χ2v) is 5.33. The predicted octanol–water partition coefficient (Wildman–Crippen LogP) is 5.86. The van der Waals surface area contributed by atoms with Gasteiger partial charge in [0, 0.05) is 14.7 Å². The highest BCUT2D eigenvalue weighted by Gasteiger charge is 2.35. The SMILES string of the molecule is [N-]=[N+]=Nc1c(C(F)(F)F)ccc2c1Nc1ccccc1S2. The number of hydrogen-bond acceptors (Lipinski definition) is 3. The van der Waals surface area contributed by atoms with Crippen molar-refractivity contribution in [3.8, 4) is 0 Å². The summed E-state index contributed by atoms with van der Waals surface area (Å²) in [6, 6.07) is 9.55. The lowest BCUT2D eigenvalue weighted by Crippen LogP contribution is -2.08. The summed E-state index contributed by atoms with van der Waals surface area (Å²) in [5.41, 5.74) is 8.05. The van der Waals surface area contributed by atoms with Crippen molar-refractivity contribution in [3.05, 3.63) is 52.4 Å². The monoisotopic (exact) mass is 308 g/mol. The number of nitrogens with zero attached hydrogens (tertiary/aromatic N) is 3. The Labute approximate surface area is 121 Å². The highest BCUT2D eigenvalue weighted by molar-refractivity contribution is 7.99. The van der Waals surface area contributed by atoms with Gasteiger partial charge in [-0.2, -0.15) is 13.2 Å². The Bertz CT molecular complexity index is 766. The molecule has 21 heavy (non-hydrogen) atoms. The van der Waals surface area contributed by atoms with Crippen LogP contribution in [0.25, 0.3) is 10.4 Å². The molecule has 0 spiro atoms. The van der Waals surface area contributed by atoms with E-state index in [-0.39, 0.29) is 5.69 Å². The maximum Gasteiger partial charge on any atom is 0.416 e. The number of rotatable bonds is 1. The van der Waals surface area contributed by atoms with Crippen molar-refractivity contribution in [1.29, 1.82) is 0 Å². The quantitative estimate of drug-likeness (QED) is 0.348. The van der Waals surface area contributed by atoms with E-state index in [4.69, 9.17) is 5.53 Å². The summed E-state index contributed by atoms with van der Waals surface area (Å²) in [7, 11) is 0. The van der Waals surface area contributed by atoms with E-state index in [2.05, 4.69) is 15.3 Å². The number of hydrogen-bond donors (Lipinski definition) is 1. The van der Waals surface area contributed by atoms with Crippen LogP contribution in [0.2, 0.25) is 0 Å². The van der Waals surface area contributed by atoms with Gasteiger partial charge < -0.3 is 5.32 Å². The molecule has 0 aliphatic carbocycles. The van der Waals surface area contributed by atoms with Crippen LogP contribution in [0.15, 0.2) is 51.3 Å². The molecule has 0 radical (unpaired) electrons. The molecule has 106 valence electrons. The smallest absolute Gasteiger partial charge is 0.353 e. The third-order valence-corrected chi connectivity index (χ3v) is 4.09. The number of nitrogens with one attached hydrogen (secondary N) is 1. The van der Waals surface area contributed by atoms with Gasteiger partial charge in [0.15, 0.2) is 0 Å². The van der Waals surface area contributed by atoms with E-state index in [9.17, 15) is 13.2 Å². The highest BCUT2D eigenvalue weighted by atomic mass is 32.2. The lowest BCUT2D eigenvalue weighted by Gasteiger charge is -2.24. The molecule has 0 unspecified atom stereocenters. The van der Waals surface area contributed by atoms with Crippen molar-refractivity contribution in [3.63, 3.8) is 0 Å². The zero-order valence-electron chi connectivity index (χ0n) is 10.3. The minimum atomic E-state index is -4.58. The third-order valence-electron chi connectivity index (χ3n) is 2.96. The molecular weight excluding hydrogens is 301 g/mol. The Morgan fingerprint density at radius 1 is 1.10 bits per heavy atom. The summed E-state index contributed by atoms with van der Waals surface area (Å²) in [5.74, 6) is 0. The van der Waals surface area contributed by atoms with Crippen LogP contribution in [0.3, 0.4) is 0 Å². The van der Waals surface area contributed by atoms with E-state index < -0.39 is 17.4 Å². The molecule has 1 N–H and O–H groups in total. The Kier molecular flexibility index (Phi) is 3.19. The first-order valence-corrected chi connectivity index (χ1v) is 6.65. The summed E-state index contributed by atoms with van der Waals surface area (Å²) >= 11 is 1.33. The largest absolute Gasteiger partial charge is 0.416 e. The standard InChI is InChI=1S/C13H7F3N4S/c14-13(15,16)7-5-6-10-12(11(7)19-20-17)18-8-3-1-2-4-9(8)21-10/h1-6,18H. The van der Waals surface area contributed by atoms with E-state index in [1.54, 1.807) is 12.1 Å². The summed E-state index contributed by atoms with van der Waals surface area (Å²) in [5, 5.41) is 6.16. The fraction of sp³-hybridized carbons (Fsp3) is 0.0769. The van der Waals surface area contributed by atoms with Gasteiger partial charge >= 0.3 is 6.18 Å². The van der Waals surface area contributed by atoms with Gasteiger partial charge in [0.25, 0.3) is 0 Å². The number of benzene rings is 2. The van der Waals surface area contributed by atoms with E-state index in [1.807, 2.05) is 12.1 Å². The van der Waals surface area contributed by atoms with Crippen LogP contribution in [0.4, 0.5) is 30.2 Å². The van der Waals surface area contributed by atoms with Crippen LogP contribution in [-0.4, -0.2) is 0 Å². The van der Waals surface area contributed by atoms with E-state index in [1.165, 1.54) is 17.8 Å². The third kappa shape index (κ3) is 2.39. The summed E-state index contributed by atoms with van der Waals surface area (Å²) < 4.78 is 39.1. The lowest BCUT2D eigenvalue weighted by molar-refractivity contribution is -0.137. The molecule has 2 aromatic rings. The topological polar surface area (TPSA) is 60.8 Å². The van der Waals surface area contributed by atoms with Gasteiger partial charge in [0.1, 0.15) is 0 Å². The zero-order valence-corrected chi connectivity index (χ0v) is 11.2. The summed E-state index contributed by atoms with van der Waals surface area (Å²) in [6.45, 7) is 0. The first-order valence-electron chi connectivity index (χ1n) is 5.84. The normalized spacial score (nSPS) is 12.7. The molecule has 0 saturated heterocycles. The van der Waals surface area contributed by atoms with Crippen molar-refractivity contribution in [2.45, 2.75) is 16.0 Å². The summed E-state index contributed by atoms with van der Waals surface area (Å²) in [6.07, 6.45) is -4.58. The Morgan fingerprint density at radius 2 is 1.86 bits per heavy atom. The van der Waals surface area contributed by atoms with Crippen LogP contribution in [-0.2, 0) is 6.18 Å². The Hall–Kier alpha value is -2.31. The number of azide groups is 1. The molecule has 0 bridgehead atoms. The molecule has 0 amide bonds. The van der Waals surface area contributed by atoms with Crippen LogP contribution >= 0.6 is 11.8 Å². The van der Waals surface area contributed by atoms with Gasteiger partial charge in [-0.3, -0.25) is 0 Å². The van der Waals surface area contributed by atoms with E-state index >= 15 is 0 Å². The van der Waals surface area contributed by atoms with Crippen molar-refractivity contribution in [1.82, 2.24) is 0 Å². The number of anilines is 2. The lowest BCUT2D eigenvalue weighted by atomic mass is 10.1. The highest BCUT2D eigenvalue weighted by Crippen LogP contribution is 2.51. The second kappa shape index (κ2) is 4.91. The van der Waals surface area contributed by atoms with Crippen LogP contribution in [0.1, 0.15) is 5.56 Å². The molecule has 0 aromatic heterocycles. The molecule has 3 rings (SSSR count). The van der Waals surface area contributed by atoms with Crippen molar-refractivity contribution >= 4 is 28.8 Å². The number of fused-ring (bicyclic) bond motifs is 2. The second-order valence-electron chi connectivity index (χ2n) is 4.25. The molecule has 0 saturated carbocycles. The van der Waals surface area contributed by atoms with Crippen molar-refractivity contribution < 1.29 is 13.2 Å². The fourth-order valence-corrected chi connectivity index (χ4v) is 3.07. The Balaban J connectivity index is 2.21. The molecule has 8 heteroatoms. The number of halogens is 3. The average Bonchev–Trinajstić information content (AvgIpc) is 2.44. The maximum absolute atomic E-state index is 13.0. The van der Waals surface area contributed by atoms with Crippen molar-refractivity contribution in [2.24, 2.45) is 5.11 Å². The molecule has 0 fully saturated rings. The predicted molar refractivity (Wildman–Crippen MR) is 74.1 cm³/mol. The van der Waals surface area contributed by atoms with Crippen molar-refractivity contribution in [2.75, 3.05) is 5.32 Å². The minimum Gasteiger partial charge on any atom is -0.353 e. The van der Waals surface area contributed by atoms with Gasteiger partial charge in [-0.05, 0) is 29.8 Å². The molecule has 1 heterocycles. The zero-order chi connectivity index (χ0) is 15.0. The van der Waals surface area contributed by atoms with Gasteiger partial charge in [0.05, 0.1) is 22.6 Å². The van der Waals surface area contributed by atoms with E-state index in [0.717, 1.165) is 11.0 Å². The molecule has 1 aliphatic rings. The van der Waals surface area contributed by atoms with Gasteiger partial charge in [-0.25, -0.2) is 0 Å². The summed E-state index contributed by atoms with van der Waals surface area (Å²) in [4.78, 5) is 4.01. The number of alkyl halides is 3. The van der Waals surface area contributed by atoms with Gasteiger partial charge in [-0.1, -0.05) is 29.0 Å². The van der Waals surface area contributed by atoms with Crippen LogP contribution in [0.5, 0.6) is 0 Å². The number of para-hydroxylation sites is 1. The molecular formula is C13H7F3N4S. The maximum atomic E-state index is 13.0. The fourth-order valence-electron chi connectivity index (χ4n) is 2.07. The first-order chi connectivity index (χ1) is 10.0. The minimum absolute atomic E-state index is 0.186. The average molecular weight is 308 g/mol. The molecule has 2 aromatic carbocycles. The Morgan fingerprint density at radius 3 is 2.57 bits per heavy atom. The molecule has 0 atom stereocenters. The first kappa shape index (κ1) is 13.7. The molecule has 1 aliphatic heterocycles. The molecule has 4 nitrogen and oxygen atoms in total. The van der Waals surface area contributed by atoms with Crippen LogP contribution < -0.4 is 5.32 Å².